The fraction of sp³-hybridized carbons (Fsp3) is 0.296. The Balaban J connectivity index is 0.000000532. The minimum atomic E-state index is -5.08. The van der Waals surface area contributed by atoms with Gasteiger partial charge in [-0.1, -0.05) is 18.2 Å². The normalized spacial score (nSPS) is 14.0. The third-order valence-corrected chi connectivity index (χ3v) is 6.07. The highest BCUT2D eigenvalue weighted by Gasteiger charge is 2.38. The lowest BCUT2D eigenvalue weighted by atomic mass is 10.0. The zero-order valence-corrected chi connectivity index (χ0v) is 21.0. The summed E-state index contributed by atoms with van der Waals surface area (Å²) in [6.45, 7) is 2.39. The van der Waals surface area contributed by atoms with Crippen LogP contribution in [-0.4, -0.2) is 59.2 Å². The van der Waals surface area contributed by atoms with Crippen LogP contribution in [0, 0.1) is 11.6 Å². The number of nitrogens with zero attached hydrogens (tertiary/aromatic N) is 3. The number of carbonyl (C=O) groups is 2. The lowest BCUT2D eigenvalue weighted by Crippen LogP contribution is -2.43. The molecule has 1 aromatic heterocycles. The van der Waals surface area contributed by atoms with Gasteiger partial charge in [0.2, 0.25) is 0 Å². The third kappa shape index (κ3) is 9.02. The fourth-order valence-corrected chi connectivity index (χ4v) is 4.09. The number of carboxylic acid groups (broad SMARTS) is 1. The molecule has 3 aromatic rings. The molecule has 7 nitrogen and oxygen atoms in total. The fourth-order valence-electron chi connectivity index (χ4n) is 4.09. The molecule has 12 heteroatoms. The molecule has 4 rings (SSSR count). The van der Waals surface area contributed by atoms with Crippen molar-refractivity contribution in [3.63, 3.8) is 0 Å². The van der Waals surface area contributed by atoms with Gasteiger partial charge in [-0.3, -0.25) is 9.69 Å². The number of hydrogen-bond acceptors (Lipinski definition) is 5. The zero-order valence-electron chi connectivity index (χ0n) is 21.0. The Kier molecular flexibility index (Phi) is 9.94. The minimum absolute atomic E-state index is 0.207. The van der Waals surface area contributed by atoms with Crippen molar-refractivity contribution in [2.75, 3.05) is 30.4 Å². The van der Waals surface area contributed by atoms with Crippen molar-refractivity contribution in [3.8, 4) is 0 Å². The van der Waals surface area contributed by atoms with Crippen LogP contribution in [0.3, 0.4) is 0 Å². The molecule has 1 amide bonds. The van der Waals surface area contributed by atoms with Gasteiger partial charge in [-0.25, -0.2) is 18.6 Å². The number of carboxylic acids is 1. The zero-order chi connectivity index (χ0) is 28.6. The van der Waals surface area contributed by atoms with Gasteiger partial charge in [0.25, 0.3) is 5.91 Å². The molecule has 0 atom stereocenters. The number of aromatic nitrogens is 1. The van der Waals surface area contributed by atoms with E-state index < -0.39 is 18.0 Å². The topological polar surface area (TPSA) is 85.8 Å². The maximum Gasteiger partial charge on any atom is 0.490 e. The van der Waals surface area contributed by atoms with Crippen LogP contribution in [-0.2, 0) is 11.3 Å². The first kappa shape index (κ1) is 29.5. The van der Waals surface area contributed by atoms with Crippen LogP contribution in [0.5, 0.6) is 0 Å². The van der Waals surface area contributed by atoms with Crippen molar-refractivity contribution >= 4 is 23.4 Å². The summed E-state index contributed by atoms with van der Waals surface area (Å²) in [5, 5.41) is 9.94. The summed E-state index contributed by atoms with van der Waals surface area (Å²) in [4.78, 5) is 30.2. The minimum Gasteiger partial charge on any atom is -0.475 e. The molecule has 39 heavy (non-hydrogen) atoms. The largest absolute Gasteiger partial charge is 0.490 e. The molecular formula is C27H27F5N4O3. The first-order valence-electron chi connectivity index (χ1n) is 11.9. The van der Waals surface area contributed by atoms with E-state index >= 15 is 0 Å². The van der Waals surface area contributed by atoms with Gasteiger partial charge in [0, 0.05) is 49.2 Å². The molecule has 1 aliphatic rings. The molecular weight excluding hydrogens is 523 g/mol. The maximum absolute atomic E-state index is 13.4. The molecule has 2 heterocycles. The second-order valence-electron chi connectivity index (χ2n) is 8.93. The number of alkyl halides is 3. The molecule has 2 N–H and O–H groups in total. The average molecular weight is 551 g/mol. The van der Waals surface area contributed by atoms with Crippen LogP contribution >= 0.6 is 0 Å². The van der Waals surface area contributed by atoms with E-state index in [1.54, 1.807) is 30.5 Å². The van der Waals surface area contributed by atoms with Crippen molar-refractivity contribution in [2.24, 2.45) is 0 Å². The molecule has 0 spiro atoms. The van der Waals surface area contributed by atoms with E-state index in [1.165, 1.54) is 24.3 Å². The average Bonchev–Trinajstić information content (AvgIpc) is 2.89. The Morgan fingerprint density at radius 2 is 1.64 bits per heavy atom. The number of carbonyl (C=O) groups excluding carboxylic acids is 1. The number of nitrogens with one attached hydrogen (secondary N) is 1. The SMILES string of the molecule is CN(Cc1cccc(F)c1)C1CCN(c2cc(NC(=O)c3cccc(F)c3)ccn2)CC1.O=C(O)C(F)(F)F. The molecule has 0 bridgehead atoms. The van der Waals surface area contributed by atoms with E-state index in [4.69, 9.17) is 9.90 Å². The third-order valence-electron chi connectivity index (χ3n) is 6.07. The number of aliphatic carboxylic acids is 1. The number of halogens is 5. The number of pyridine rings is 1. The molecule has 1 saturated heterocycles. The standard InChI is InChI=1S/C25H26F2N4O.C2HF3O2/c1-30(17-18-4-2-6-20(26)14-18)23-9-12-31(13-10-23)24-16-22(8-11-28-24)29-25(32)19-5-3-7-21(27)15-19;3-2(4,5)1(6)7/h2-8,11,14-16,23H,9-10,12-13,17H2,1H3,(H,28,29,32);(H,6,7). The highest BCUT2D eigenvalue weighted by molar-refractivity contribution is 6.04. The van der Waals surface area contributed by atoms with Crippen LogP contribution in [0.25, 0.3) is 0 Å². The summed E-state index contributed by atoms with van der Waals surface area (Å²) in [5.74, 6) is -2.97. The molecule has 1 fully saturated rings. The van der Waals surface area contributed by atoms with E-state index in [1.807, 2.05) is 12.1 Å². The van der Waals surface area contributed by atoms with E-state index in [-0.39, 0.29) is 17.3 Å². The monoisotopic (exact) mass is 550 g/mol. The van der Waals surface area contributed by atoms with Gasteiger partial charge >= 0.3 is 12.1 Å². The molecule has 0 aliphatic carbocycles. The van der Waals surface area contributed by atoms with Crippen molar-refractivity contribution in [2.45, 2.75) is 31.6 Å². The quantitative estimate of drug-likeness (QED) is 0.403. The summed E-state index contributed by atoms with van der Waals surface area (Å²) >= 11 is 0. The molecule has 0 radical (unpaired) electrons. The van der Waals surface area contributed by atoms with Crippen molar-refractivity contribution in [1.82, 2.24) is 9.88 Å². The van der Waals surface area contributed by atoms with Gasteiger partial charge in [0.1, 0.15) is 17.5 Å². The predicted octanol–water partition coefficient (Wildman–Crippen LogP) is 5.35. The molecule has 1 aliphatic heterocycles. The van der Waals surface area contributed by atoms with Crippen molar-refractivity contribution in [3.05, 3.63) is 89.6 Å². The lowest BCUT2D eigenvalue weighted by molar-refractivity contribution is -0.192. The number of rotatable bonds is 6. The van der Waals surface area contributed by atoms with Crippen LogP contribution in [0.15, 0.2) is 66.9 Å². The summed E-state index contributed by atoms with van der Waals surface area (Å²) in [7, 11) is 2.08. The van der Waals surface area contributed by atoms with Gasteiger partial charge in [-0.05, 0) is 61.9 Å². The Hall–Kier alpha value is -4.06. The van der Waals surface area contributed by atoms with Crippen molar-refractivity contribution in [1.29, 1.82) is 0 Å². The van der Waals surface area contributed by atoms with E-state index in [2.05, 4.69) is 27.1 Å². The second-order valence-corrected chi connectivity index (χ2v) is 8.93. The molecule has 0 unspecified atom stereocenters. The van der Waals surface area contributed by atoms with Crippen molar-refractivity contribution < 1.29 is 36.6 Å². The van der Waals surface area contributed by atoms with E-state index in [0.29, 0.717) is 18.3 Å². The lowest BCUT2D eigenvalue weighted by Gasteiger charge is -2.37. The van der Waals surface area contributed by atoms with Gasteiger partial charge in [-0.2, -0.15) is 13.2 Å². The van der Waals surface area contributed by atoms with Gasteiger partial charge in [0.15, 0.2) is 0 Å². The molecule has 0 saturated carbocycles. The highest BCUT2D eigenvalue weighted by atomic mass is 19.4. The van der Waals surface area contributed by atoms with Gasteiger partial charge < -0.3 is 15.3 Å². The molecule has 208 valence electrons. The number of benzene rings is 2. The molecule has 2 aromatic carbocycles. The Bertz CT molecular complexity index is 1280. The highest BCUT2D eigenvalue weighted by Crippen LogP contribution is 2.24. The first-order valence-corrected chi connectivity index (χ1v) is 11.9. The van der Waals surface area contributed by atoms with E-state index in [0.717, 1.165) is 37.3 Å². The summed E-state index contributed by atoms with van der Waals surface area (Å²) < 4.78 is 58.6. The maximum atomic E-state index is 13.4. The summed E-state index contributed by atoms with van der Waals surface area (Å²) in [6.07, 6.45) is -1.49. The summed E-state index contributed by atoms with van der Waals surface area (Å²) in [6, 6.07) is 16.3. The Morgan fingerprint density at radius 3 is 2.23 bits per heavy atom. The number of hydrogen-bond donors (Lipinski definition) is 2. The number of piperidine rings is 1. The summed E-state index contributed by atoms with van der Waals surface area (Å²) in [5.41, 5.74) is 1.86. The van der Waals surface area contributed by atoms with Crippen LogP contribution < -0.4 is 10.2 Å². The number of amides is 1. The van der Waals surface area contributed by atoms with Gasteiger partial charge in [0.05, 0.1) is 0 Å². The van der Waals surface area contributed by atoms with E-state index in [9.17, 15) is 26.7 Å². The Morgan fingerprint density at radius 1 is 1.03 bits per heavy atom. The second kappa shape index (κ2) is 13.1. The first-order chi connectivity index (χ1) is 18.4. The smallest absolute Gasteiger partial charge is 0.475 e. The van der Waals surface area contributed by atoms with Crippen LogP contribution in [0.4, 0.5) is 33.5 Å². The van der Waals surface area contributed by atoms with Crippen LogP contribution in [0.1, 0.15) is 28.8 Å². The Labute approximate surface area is 221 Å². The number of anilines is 2. The predicted molar refractivity (Wildman–Crippen MR) is 135 cm³/mol. The van der Waals surface area contributed by atoms with Gasteiger partial charge in [-0.15, -0.1) is 0 Å². The van der Waals surface area contributed by atoms with Crippen LogP contribution in [0.2, 0.25) is 0 Å².